The second-order valence-electron chi connectivity index (χ2n) is 6.26. The fourth-order valence-electron chi connectivity index (χ4n) is 3.28. The molecule has 0 saturated heterocycles. The first kappa shape index (κ1) is 16.9. The van der Waals surface area contributed by atoms with Crippen molar-refractivity contribution in [1.82, 2.24) is 9.29 Å². The standard InChI is InChI=1S/C18H22N2O3S/c1-3-20-17-10-7-15(12-14(17)6-11-18(20)21)19-24(22,23)16-8-4-13(2)5-9-16/h4-6,8-9,11,15,19H,3,7,10,12H2,1-2H3/t15-/m1/s1. The predicted molar refractivity (Wildman–Crippen MR) is 93.7 cm³/mol. The lowest BCUT2D eigenvalue weighted by Crippen LogP contribution is -2.40. The number of hydrogen-bond acceptors (Lipinski definition) is 3. The van der Waals surface area contributed by atoms with Gasteiger partial charge < -0.3 is 4.57 Å². The highest BCUT2D eigenvalue weighted by molar-refractivity contribution is 7.89. The number of sulfonamides is 1. The molecule has 0 radical (unpaired) electrons. The van der Waals surface area contributed by atoms with Gasteiger partial charge >= 0.3 is 0 Å². The maximum atomic E-state index is 12.5. The van der Waals surface area contributed by atoms with Gasteiger partial charge in [0.25, 0.3) is 5.56 Å². The molecular weight excluding hydrogens is 324 g/mol. The van der Waals surface area contributed by atoms with Crippen molar-refractivity contribution in [2.45, 2.75) is 50.6 Å². The Bertz CT molecular complexity index is 899. The van der Waals surface area contributed by atoms with Crippen molar-refractivity contribution in [3.63, 3.8) is 0 Å². The Morgan fingerprint density at radius 2 is 1.88 bits per heavy atom. The zero-order valence-electron chi connectivity index (χ0n) is 14.0. The van der Waals surface area contributed by atoms with Gasteiger partial charge in [-0.3, -0.25) is 4.79 Å². The average Bonchev–Trinajstić information content (AvgIpc) is 2.55. The van der Waals surface area contributed by atoms with Crippen LogP contribution in [0.25, 0.3) is 0 Å². The molecule has 1 aromatic carbocycles. The fraction of sp³-hybridized carbons (Fsp3) is 0.389. The summed E-state index contributed by atoms with van der Waals surface area (Å²) in [6.07, 6.45) is 2.02. The smallest absolute Gasteiger partial charge is 0.250 e. The summed E-state index contributed by atoms with van der Waals surface area (Å²) >= 11 is 0. The van der Waals surface area contributed by atoms with Gasteiger partial charge in [-0.1, -0.05) is 23.8 Å². The molecular formula is C18H22N2O3S. The molecule has 0 unspecified atom stereocenters. The summed E-state index contributed by atoms with van der Waals surface area (Å²) in [5.74, 6) is 0. The van der Waals surface area contributed by atoms with Crippen LogP contribution in [0.3, 0.4) is 0 Å². The zero-order valence-corrected chi connectivity index (χ0v) is 14.8. The van der Waals surface area contributed by atoms with Crippen LogP contribution in [0, 0.1) is 6.92 Å². The van der Waals surface area contributed by atoms with E-state index in [1.54, 1.807) is 34.9 Å². The molecule has 0 aliphatic heterocycles. The average molecular weight is 346 g/mol. The predicted octanol–water partition coefficient (Wildman–Crippen LogP) is 2.01. The van der Waals surface area contributed by atoms with Crippen LogP contribution < -0.4 is 10.3 Å². The van der Waals surface area contributed by atoms with Gasteiger partial charge in [0, 0.05) is 24.3 Å². The third-order valence-electron chi connectivity index (χ3n) is 4.55. The molecule has 1 atom stereocenters. The summed E-state index contributed by atoms with van der Waals surface area (Å²) in [6, 6.07) is 10.1. The lowest BCUT2D eigenvalue weighted by molar-refractivity contribution is 0.487. The Balaban J connectivity index is 1.81. The number of hydrogen-bond donors (Lipinski definition) is 1. The van der Waals surface area contributed by atoms with Crippen LogP contribution in [-0.2, 0) is 29.4 Å². The van der Waals surface area contributed by atoms with Crippen LogP contribution in [0.1, 0.15) is 30.2 Å². The maximum absolute atomic E-state index is 12.5. The Morgan fingerprint density at radius 3 is 2.54 bits per heavy atom. The molecule has 6 heteroatoms. The Morgan fingerprint density at radius 1 is 1.17 bits per heavy atom. The minimum absolute atomic E-state index is 0.00920. The number of pyridine rings is 1. The van der Waals surface area contributed by atoms with Gasteiger partial charge in [0.15, 0.2) is 0 Å². The maximum Gasteiger partial charge on any atom is 0.250 e. The first-order valence-electron chi connectivity index (χ1n) is 8.21. The normalized spacial score (nSPS) is 17.5. The molecule has 1 aliphatic carbocycles. The summed E-state index contributed by atoms with van der Waals surface area (Å²) in [5, 5.41) is 0. The highest BCUT2D eigenvalue weighted by Gasteiger charge is 2.25. The zero-order chi connectivity index (χ0) is 17.3. The van der Waals surface area contributed by atoms with Gasteiger partial charge in [-0.25, -0.2) is 13.1 Å². The fourth-order valence-corrected chi connectivity index (χ4v) is 4.55. The van der Waals surface area contributed by atoms with E-state index in [4.69, 9.17) is 0 Å². The van der Waals surface area contributed by atoms with Crippen LogP contribution in [0.5, 0.6) is 0 Å². The van der Waals surface area contributed by atoms with Crippen LogP contribution in [-0.4, -0.2) is 19.0 Å². The topological polar surface area (TPSA) is 68.2 Å². The molecule has 0 amide bonds. The largest absolute Gasteiger partial charge is 0.313 e. The Hall–Kier alpha value is -1.92. The van der Waals surface area contributed by atoms with Crippen LogP contribution >= 0.6 is 0 Å². The molecule has 0 saturated carbocycles. The van der Waals surface area contributed by atoms with E-state index in [9.17, 15) is 13.2 Å². The van der Waals surface area contributed by atoms with Crippen molar-refractivity contribution in [2.24, 2.45) is 0 Å². The summed E-state index contributed by atoms with van der Waals surface area (Å²) in [4.78, 5) is 12.2. The minimum atomic E-state index is -3.52. The van der Waals surface area contributed by atoms with E-state index in [-0.39, 0.29) is 16.5 Å². The second kappa shape index (κ2) is 6.53. The monoisotopic (exact) mass is 346 g/mol. The van der Waals surface area contributed by atoms with Crippen molar-refractivity contribution in [1.29, 1.82) is 0 Å². The SMILES string of the molecule is CCn1c2c(ccc1=O)C[C@H](NS(=O)(=O)c1ccc(C)cc1)CC2. The van der Waals surface area contributed by atoms with E-state index in [1.807, 2.05) is 19.9 Å². The Labute approximate surface area is 142 Å². The number of aryl methyl sites for hydroxylation is 1. The van der Waals surface area contributed by atoms with Gasteiger partial charge in [-0.2, -0.15) is 0 Å². The molecule has 24 heavy (non-hydrogen) atoms. The lowest BCUT2D eigenvalue weighted by atomic mass is 9.92. The summed E-state index contributed by atoms with van der Waals surface area (Å²) in [6.45, 7) is 4.52. The van der Waals surface area contributed by atoms with Crippen molar-refractivity contribution in [3.05, 3.63) is 63.6 Å². The van der Waals surface area contributed by atoms with Crippen LogP contribution in [0.15, 0.2) is 46.1 Å². The first-order chi connectivity index (χ1) is 11.4. The van der Waals surface area contributed by atoms with Gasteiger partial charge in [0.05, 0.1) is 4.90 Å². The molecule has 128 valence electrons. The highest BCUT2D eigenvalue weighted by Crippen LogP contribution is 2.22. The number of nitrogens with one attached hydrogen (secondary N) is 1. The van der Waals surface area contributed by atoms with Crippen LogP contribution in [0.2, 0.25) is 0 Å². The third kappa shape index (κ3) is 3.30. The molecule has 0 spiro atoms. The number of fused-ring (bicyclic) bond motifs is 1. The van der Waals surface area contributed by atoms with Gasteiger partial charge in [-0.15, -0.1) is 0 Å². The van der Waals surface area contributed by atoms with E-state index < -0.39 is 10.0 Å². The van der Waals surface area contributed by atoms with Crippen LogP contribution in [0.4, 0.5) is 0 Å². The van der Waals surface area contributed by atoms with E-state index in [1.165, 1.54) is 0 Å². The first-order valence-corrected chi connectivity index (χ1v) is 9.69. The number of nitrogens with zero attached hydrogens (tertiary/aromatic N) is 1. The van der Waals surface area contributed by atoms with E-state index in [0.29, 0.717) is 25.8 Å². The van der Waals surface area contributed by atoms with E-state index in [2.05, 4.69) is 4.72 Å². The quantitative estimate of drug-likeness (QED) is 0.921. The molecule has 1 aromatic heterocycles. The molecule has 1 aliphatic rings. The molecule has 1 heterocycles. The highest BCUT2D eigenvalue weighted by atomic mass is 32.2. The summed E-state index contributed by atoms with van der Waals surface area (Å²) < 4.78 is 29.7. The van der Waals surface area contributed by atoms with E-state index >= 15 is 0 Å². The van der Waals surface area contributed by atoms with Crippen molar-refractivity contribution in [2.75, 3.05) is 0 Å². The number of benzene rings is 1. The number of aromatic nitrogens is 1. The minimum Gasteiger partial charge on any atom is -0.313 e. The third-order valence-corrected chi connectivity index (χ3v) is 6.09. The summed E-state index contributed by atoms with van der Waals surface area (Å²) in [5.41, 5.74) is 3.13. The Kier molecular flexibility index (Phi) is 4.60. The summed E-state index contributed by atoms with van der Waals surface area (Å²) in [7, 11) is -3.52. The number of rotatable bonds is 4. The molecule has 3 rings (SSSR count). The van der Waals surface area contributed by atoms with E-state index in [0.717, 1.165) is 16.8 Å². The van der Waals surface area contributed by atoms with Gasteiger partial charge in [-0.05, 0) is 50.8 Å². The van der Waals surface area contributed by atoms with Gasteiger partial charge in [0.1, 0.15) is 0 Å². The lowest BCUT2D eigenvalue weighted by Gasteiger charge is -2.27. The molecule has 5 nitrogen and oxygen atoms in total. The van der Waals surface area contributed by atoms with Crippen molar-refractivity contribution < 1.29 is 8.42 Å². The molecule has 0 bridgehead atoms. The molecule has 0 fully saturated rings. The van der Waals surface area contributed by atoms with Gasteiger partial charge in [0.2, 0.25) is 10.0 Å². The van der Waals surface area contributed by atoms with Crippen molar-refractivity contribution in [3.8, 4) is 0 Å². The molecule has 2 aromatic rings. The second-order valence-corrected chi connectivity index (χ2v) is 7.98. The van der Waals surface area contributed by atoms with Crippen molar-refractivity contribution >= 4 is 10.0 Å². The molecule has 1 N–H and O–H groups in total.